The third-order valence-corrected chi connectivity index (χ3v) is 4.84. The number of aryl methyl sites for hydroxylation is 2. The van der Waals surface area contributed by atoms with Gasteiger partial charge in [0.2, 0.25) is 0 Å². The minimum atomic E-state index is 0.697. The van der Waals surface area contributed by atoms with Gasteiger partial charge in [0.25, 0.3) is 0 Å². The number of aromatic nitrogens is 4. The predicted octanol–water partition coefficient (Wildman–Crippen LogP) is 2.53. The number of fused-ring (bicyclic) bond motifs is 2. The van der Waals surface area contributed by atoms with Gasteiger partial charge in [-0.25, -0.2) is 9.97 Å². The van der Waals surface area contributed by atoms with Crippen molar-refractivity contribution in [3.8, 4) is 0 Å². The number of pyridine rings is 1. The molecule has 3 aromatic heterocycles. The molecule has 0 bridgehead atoms. The Labute approximate surface area is 136 Å². The van der Waals surface area contributed by atoms with E-state index in [0.717, 1.165) is 31.7 Å². The van der Waals surface area contributed by atoms with Gasteiger partial charge in [0, 0.05) is 44.6 Å². The highest BCUT2D eigenvalue weighted by Gasteiger charge is 2.20. The molecule has 5 nitrogen and oxygen atoms in total. The summed E-state index contributed by atoms with van der Waals surface area (Å²) in [5.74, 6) is 1.93. The fraction of sp³-hybridized carbons (Fsp3) is 0.444. The van der Waals surface area contributed by atoms with E-state index in [1.807, 2.05) is 12.4 Å². The van der Waals surface area contributed by atoms with Crippen LogP contribution >= 0.6 is 0 Å². The van der Waals surface area contributed by atoms with E-state index in [-0.39, 0.29) is 0 Å². The summed E-state index contributed by atoms with van der Waals surface area (Å²) < 4.78 is 4.51. The third-order valence-electron chi connectivity index (χ3n) is 4.84. The lowest BCUT2D eigenvalue weighted by Gasteiger charge is -2.28. The molecule has 1 atom stereocenters. The normalized spacial score (nSPS) is 17.8. The number of nitrogens with zero attached hydrogens (tertiary/aromatic N) is 5. The first-order valence-electron chi connectivity index (χ1n) is 8.31. The third kappa shape index (κ3) is 2.77. The summed E-state index contributed by atoms with van der Waals surface area (Å²) in [6, 6.07) is 4.20. The molecule has 0 radical (unpaired) electrons. The Morgan fingerprint density at radius 1 is 1.30 bits per heavy atom. The summed E-state index contributed by atoms with van der Waals surface area (Å²) in [4.78, 5) is 11.4. The maximum atomic E-state index is 4.56. The number of hydrogen-bond donors (Lipinski definition) is 0. The van der Waals surface area contributed by atoms with Gasteiger partial charge >= 0.3 is 0 Å². The molecular weight excluding hydrogens is 286 g/mol. The van der Waals surface area contributed by atoms with E-state index < -0.39 is 0 Å². The molecule has 3 aromatic rings. The Morgan fingerprint density at radius 3 is 3.13 bits per heavy atom. The molecule has 1 aliphatic rings. The Morgan fingerprint density at radius 2 is 2.22 bits per heavy atom. The fourth-order valence-corrected chi connectivity index (χ4v) is 3.69. The van der Waals surface area contributed by atoms with Crippen LogP contribution in [0.5, 0.6) is 0 Å². The van der Waals surface area contributed by atoms with Gasteiger partial charge in [-0.05, 0) is 37.9 Å². The van der Waals surface area contributed by atoms with Crippen molar-refractivity contribution in [2.45, 2.75) is 32.9 Å². The van der Waals surface area contributed by atoms with Gasteiger partial charge in [0.1, 0.15) is 11.5 Å². The average molecular weight is 309 g/mol. The van der Waals surface area contributed by atoms with E-state index in [9.17, 15) is 0 Å². The smallest absolute Gasteiger partial charge is 0.139 e. The molecule has 0 aliphatic carbocycles. The Bertz CT molecular complexity index is 816. The van der Waals surface area contributed by atoms with Gasteiger partial charge < -0.3 is 13.9 Å². The Hall–Kier alpha value is -2.14. The molecular formula is C18H23N5. The molecule has 1 aliphatic heterocycles. The van der Waals surface area contributed by atoms with Crippen LogP contribution < -0.4 is 0 Å². The Kier molecular flexibility index (Phi) is 3.65. The van der Waals surface area contributed by atoms with E-state index in [1.165, 1.54) is 23.5 Å². The molecule has 0 amide bonds. The minimum absolute atomic E-state index is 0.697. The molecule has 5 heteroatoms. The summed E-state index contributed by atoms with van der Waals surface area (Å²) in [5.41, 5.74) is 3.54. The van der Waals surface area contributed by atoms with Gasteiger partial charge in [-0.2, -0.15) is 0 Å². The summed E-state index contributed by atoms with van der Waals surface area (Å²) in [7, 11) is 2.21. The summed E-state index contributed by atoms with van der Waals surface area (Å²) >= 11 is 0. The zero-order valence-electron chi connectivity index (χ0n) is 13.8. The highest BCUT2D eigenvalue weighted by molar-refractivity contribution is 5.48. The summed E-state index contributed by atoms with van der Waals surface area (Å²) in [6.07, 6.45) is 10.5. The van der Waals surface area contributed by atoms with Gasteiger partial charge in [0.15, 0.2) is 0 Å². The van der Waals surface area contributed by atoms with Crippen LogP contribution in [0.4, 0.5) is 0 Å². The summed E-state index contributed by atoms with van der Waals surface area (Å²) in [6.45, 7) is 5.24. The average Bonchev–Trinajstić information content (AvgIpc) is 3.15. The van der Waals surface area contributed by atoms with E-state index in [0.29, 0.717) is 5.92 Å². The van der Waals surface area contributed by atoms with Crippen LogP contribution in [0.25, 0.3) is 5.65 Å². The first-order valence-corrected chi connectivity index (χ1v) is 8.31. The maximum absolute atomic E-state index is 4.56. The first kappa shape index (κ1) is 14.5. The van der Waals surface area contributed by atoms with Crippen molar-refractivity contribution in [2.75, 3.05) is 13.6 Å². The van der Waals surface area contributed by atoms with Crippen molar-refractivity contribution in [1.82, 2.24) is 23.8 Å². The molecule has 120 valence electrons. The van der Waals surface area contributed by atoms with Crippen molar-refractivity contribution in [3.63, 3.8) is 0 Å². The van der Waals surface area contributed by atoms with Crippen molar-refractivity contribution < 1.29 is 0 Å². The standard InChI is InChI=1S/C18H23N5/c1-14-4-3-8-23-16(10-20-18(14)23)13-21(2)11-15-5-6-17-19-7-9-22(17)12-15/h3-4,7-10,15H,5-6,11-13H2,1-2H3/t15-/m1/s1. The van der Waals surface area contributed by atoms with Crippen LogP contribution in [0, 0.1) is 12.8 Å². The SMILES string of the molecule is Cc1cccn2c(CN(C)C[C@H]3CCc4nccn4C3)cnc12. The zero-order valence-corrected chi connectivity index (χ0v) is 13.8. The number of hydrogen-bond acceptors (Lipinski definition) is 3. The minimum Gasteiger partial charge on any atom is -0.335 e. The molecule has 0 saturated carbocycles. The molecule has 23 heavy (non-hydrogen) atoms. The van der Waals surface area contributed by atoms with Crippen LogP contribution in [-0.4, -0.2) is 37.4 Å². The van der Waals surface area contributed by atoms with Crippen LogP contribution in [-0.2, 0) is 19.5 Å². The second-order valence-corrected chi connectivity index (χ2v) is 6.73. The number of rotatable bonds is 4. The largest absolute Gasteiger partial charge is 0.335 e. The van der Waals surface area contributed by atoms with E-state index in [1.54, 1.807) is 0 Å². The summed E-state index contributed by atoms with van der Waals surface area (Å²) in [5, 5.41) is 0. The quantitative estimate of drug-likeness (QED) is 0.743. The lowest BCUT2D eigenvalue weighted by atomic mass is 9.99. The molecule has 0 spiro atoms. The predicted molar refractivity (Wildman–Crippen MR) is 90.3 cm³/mol. The first-order chi connectivity index (χ1) is 11.2. The molecule has 0 unspecified atom stereocenters. The highest BCUT2D eigenvalue weighted by Crippen LogP contribution is 2.20. The van der Waals surface area contributed by atoms with Crippen molar-refractivity contribution in [3.05, 3.63) is 54.0 Å². The molecule has 0 fully saturated rings. The number of imidazole rings is 2. The van der Waals surface area contributed by atoms with Crippen molar-refractivity contribution >= 4 is 5.65 Å². The monoisotopic (exact) mass is 309 g/mol. The lowest BCUT2D eigenvalue weighted by Crippen LogP contribution is -2.31. The maximum Gasteiger partial charge on any atom is 0.139 e. The van der Waals surface area contributed by atoms with E-state index >= 15 is 0 Å². The Balaban J connectivity index is 1.44. The highest BCUT2D eigenvalue weighted by atomic mass is 15.1. The van der Waals surface area contributed by atoms with Crippen LogP contribution in [0.15, 0.2) is 36.9 Å². The van der Waals surface area contributed by atoms with Crippen molar-refractivity contribution in [2.24, 2.45) is 5.92 Å². The zero-order chi connectivity index (χ0) is 15.8. The second-order valence-electron chi connectivity index (χ2n) is 6.73. The molecule has 0 aromatic carbocycles. The molecule has 4 rings (SSSR count). The van der Waals surface area contributed by atoms with Gasteiger partial charge in [0.05, 0.1) is 11.9 Å². The second kappa shape index (κ2) is 5.81. The van der Waals surface area contributed by atoms with Crippen LogP contribution in [0.3, 0.4) is 0 Å². The molecule has 0 saturated heterocycles. The fourth-order valence-electron chi connectivity index (χ4n) is 3.69. The van der Waals surface area contributed by atoms with Crippen LogP contribution in [0.1, 0.15) is 23.5 Å². The van der Waals surface area contributed by atoms with Gasteiger partial charge in [-0.3, -0.25) is 0 Å². The topological polar surface area (TPSA) is 38.4 Å². The van der Waals surface area contributed by atoms with E-state index in [2.05, 4.69) is 62.3 Å². The lowest BCUT2D eigenvalue weighted by molar-refractivity contribution is 0.227. The van der Waals surface area contributed by atoms with Crippen molar-refractivity contribution in [1.29, 1.82) is 0 Å². The molecule has 0 N–H and O–H groups in total. The van der Waals surface area contributed by atoms with E-state index in [4.69, 9.17) is 0 Å². The molecule has 4 heterocycles. The van der Waals surface area contributed by atoms with Crippen LogP contribution in [0.2, 0.25) is 0 Å². The van der Waals surface area contributed by atoms with Gasteiger partial charge in [-0.1, -0.05) is 6.07 Å². The van der Waals surface area contributed by atoms with Gasteiger partial charge in [-0.15, -0.1) is 0 Å².